The van der Waals surface area contributed by atoms with Crippen LogP contribution in [0.2, 0.25) is 0 Å². The van der Waals surface area contributed by atoms with Crippen LogP contribution >= 0.6 is 0 Å². The molecule has 0 aliphatic heterocycles. The molecule has 0 saturated carbocycles. The highest BCUT2D eigenvalue weighted by Crippen LogP contribution is 2.36. The Morgan fingerprint density at radius 3 is 2.07 bits per heavy atom. The third kappa shape index (κ3) is 4.46. The van der Waals surface area contributed by atoms with Gasteiger partial charge in [-0.05, 0) is 45.4 Å². The van der Waals surface area contributed by atoms with Crippen molar-refractivity contribution in [1.29, 1.82) is 0 Å². The van der Waals surface area contributed by atoms with Crippen LogP contribution in [0.3, 0.4) is 0 Å². The number of methoxy groups -OCH3 is 1. The van der Waals surface area contributed by atoms with E-state index in [1.807, 2.05) is 92.9 Å². The fourth-order valence-corrected chi connectivity index (χ4v) is 3.73. The standard InChI is InChI=1S/C25H28N2O3/c1-17-22(24(29)30-5)23(18-12-8-6-9-13-18)20(16-21(28)26-25(2,3)4)27(17)19-14-10-7-11-15-19/h6-15H,16H2,1-5H3,(H,26,28). The van der Waals surface area contributed by atoms with Crippen molar-refractivity contribution in [2.45, 2.75) is 39.7 Å². The van der Waals surface area contributed by atoms with Crippen LogP contribution in [-0.4, -0.2) is 29.1 Å². The molecule has 3 rings (SSSR count). The minimum Gasteiger partial charge on any atom is -0.465 e. The molecule has 0 fully saturated rings. The average Bonchev–Trinajstić information content (AvgIpc) is 2.99. The number of hydrogen-bond acceptors (Lipinski definition) is 3. The third-order valence-electron chi connectivity index (χ3n) is 4.81. The van der Waals surface area contributed by atoms with E-state index in [4.69, 9.17) is 4.74 Å². The van der Waals surface area contributed by atoms with Gasteiger partial charge in [0, 0.05) is 28.2 Å². The van der Waals surface area contributed by atoms with Crippen LogP contribution in [-0.2, 0) is 16.0 Å². The molecule has 0 radical (unpaired) electrons. The van der Waals surface area contributed by atoms with Gasteiger partial charge in [0.15, 0.2) is 0 Å². The van der Waals surface area contributed by atoms with Gasteiger partial charge in [0.05, 0.1) is 19.1 Å². The normalized spacial score (nSPS) is 11.2. The second-order valence-corrected chi connectivity index (χ2v) is 8.29. The first-order valence-electron chi connectivity index (χ1n) is 9.97. The number of amides is 1. The number of hydrogen-bond donors (Lipinski definition) is 1. The molecule has 5 nitrogen and oxygen atoms in total. The Morgan fingerprint density at radius 2 is 1.53 bits per heavy atom. The molecule has 1 aromatic heterocycles. The van der Waals surface area contributed by atoms with Gasteiger partial charge >= 0.3 is 5.97 Å². The quantitative estimate of drug-likeness (QED) is 0.627. The van der Waals surface area contributed by atoms with Crippen molar-refractivity contribution in [2.75, 3.05) is 7.11 Å². The van der Waals surface area contributed by atoms with E-state index in [0.29, 0.717) is 5.56 Å². The number of para-hydroxylation sites is 1. The number of benzene rings is 2. The molecular formula is C25H28N2O3. The molecule has 1 N–H and O–H groups in total. The fourth-order valence-electron chi connectivity index (χ4n) is 3.73. The number of nitrogens with zero attached hydrogens (tertiary/aromatic N) is 1. The summed E-state index contributed by atoms with van der Waals surface area (Å²) >= 11 is 0. The molecule has 0 saturated heterocycles. The third-order valence-corrected chi connectivity index (χ3v) is 4.81. The number of esters is 1. The van der Waals surface area contributed by atoms with Gasteiger partial charge in [-0.15, -0.1) is 0 Å². The molecule has 0 bridgehead atoms. The molecule has 5 heteroatoms. The lowest BCUT2D eigenvalue weighted by molar-refractivity contribution is -0.121. The van der Waals surface area contributed by atoms with Crippen LogP contribution in [0.1, 0.15) is 42.5 Å². The zero-order valence-electron chi connectivity index (χ0n) is 18.2. The molecular weight excluding hydrogens is 376 g/mol. The minimum absolute atomic E-state index is 0.106. The Labute approximate surface area is 177 Å². The zero-order chi connectivity index (χ0) is 21.9. The lowest BCUT2D eigenvalue weighted by atomic mass is 9.98. The molecule has 0 unspecified atom stereocenters. The van der Waals surface area contributed by atoms with Crippen LogP contribution < -0.4 is 5.32 Å². The van der Waals surface area contributed by atoms with E-state index < -0.39 is 5.97 Å². The predicted octanol–water partition coefficient (Wildman–Crippen LogP) is 4.70. The van der Waals surface area contributed by atoms with Crippen LogP contribution in [0.15, 0.2) is 60.7 Å². The van der Waals surface area contributed by atoms with E-state index in [-0.39, 0.29) is 17.9 Å². The van der Waals surface area contributed by atoms with Crippen LogP contribution in [0.4, 0.5) is 0 Å². The molecule has 30 heavy (non-hydrogen) atoms. The van der Waals surface area contributed by atoms with Crippen molar-refractivity contribution >= 4 is 11.9 Å². The SMILES string of the molecule is COC(=O)c1c(-c2ccccc2)c(CC(=O)NC(C)(C)C)n(-c2ccccc2)c1C. The van der Waals surface area contributed by atoms with Gasteiger partial charge < -0.3 is 14.6 Å². The Morgan fingerprint density at radius 1 is 0.967 bits per heavy atom. The highest BCUT2D eigenvalue weighted by Gasteiger charge is 2.29. The van der Waals surface area contributed by atoms with Crippen LogP contribution in [0.5, 0.6) is 0 Å². The van der Waals surface area contributed by atoms with E-state index in [1.54, 1.807) is 0 Å². The largest absolute Gasteiger partial charge is 0.465 e. The summed E-state index contributed by atoms with van der Waals surface area (Å²) in [6.07, 6.45) is 0.133. The first-order chi connectivity index (χ1) is 14.2. The second kappa shape index (κ2) is 8.57. The molecule has 0 aliphatic carbocycles. The summed E-state index contributed by atoms with van der Waals surface area (Å²) in [6, 6.07) is 19.4. The molecule has 1 heterocycles. The number of carbonyl (C=O) groups excluding carboxylic acids is 2. The predicted molar refractivity (Wildman–Crippen MR) is 119 cm³/mol. The first kappa shape index (κ1) is 21.4. The molecule has 156 valence electrons. The lowest BCUT2D eigenvalue weighted by Gasteiger charge is -2.21. The molecule has 0 atom stereocenters. The van der Waals surface area contributed by atoms with E-state index in [1.165, 1.54) is 7.11 Å². The van der Waals surface area contributed by atoms with E-state index in [2.05, 4.69) is 5.32 Å². The smallest absolute Gasteiger partial charge is 0.340 e. The van der Waals surface area contributed by atoms with E-state index in [0.717, 1.165) is 28.2 Å². The van der Waals surface area contributed by atoms with Gasteiger partial charge in [-0.3, -0.25) is 4.79 Å². The number of rotatable bonds is 5. The Kier molecular flexibility index (Phi) is 6.11. The summed E-state index contributed by atoms with van der Waals surface area (Å²) in [4.78, 5) is 25.7. The Hall–Kier alpha value is -3.34. The molecule has 0 spiro atoms. The maximum Gasteiger partial charge on any atom is 0.340 e. The van der Waals surface area contributed by atoms with Crippen molar-refractivity contribution in [3.05, 3.63) is 77.6 Å². The van der Waals surface area contributed by atoms with Gasteiger partial charge in [0.1, 0.15) is 0 Å². The van der Waals surface area contributed by atoms with Gasteiger partial charge in [-0.2, -0.15) is 0 Å². The molecule has 0 aliphatic rings. The van der Waals surface area contributed by atoms with Gasteiger partial charge in [-0.1, -0.05) is 48.5 Å². The number of carbonyl (C=O) groups is 2. The average molecular weight is 405 g/mol. The van der Waals surface area contributed by atoms with Crippen LogP contribution in [0, 0.1) is 6.92 Å². The summed E-state index contributed by atoms with van der Waals surface area (Å²) in [5.74, 6) is -0.524. The zero-order valence-corrected chi connectivity index (χ0v) is 18.2. The maximum absolute atomic E-state index is 12.9. The highest BCUT2D eigenvalue weighted by molar-refractivity contribution is 6.01. The van der Waals surface area contributed by atoms with Gasteiger partial charge in [0.2, 0.25) is 5.91 Å². The summed E-state index contributed by atoms with van der Waals surface area (Å²) in [5.41, 5.74) is 4.11. The van der Waals surface area contributed by atoms with Crippen molar-refractivity contribution < 1.29 is 14.3 Å². The summed E-state index contributed by atoms with van der Waals surface area (Å²) < 4.78 is 7.10. The highest BCUT2D eigenvalue weighted by atomic mass is 16.5. The van der Waals surface area contributed by atoms with Crippen molar-refractivity contribution in [1.82, 2.24) is 9.88 Å². The summed E-state index contributed by atoms with van der Waals surface area (Å²) in [7, 11) is 1.38. The Balaban J connectivity index is 2.30. The second-order valence-electron chi connectivity index (χ2n) is 8.29. The van der Waals surface area contributed by atoms with E-state index in [9.17, 15) is 9.59 Å². The monoisotopic (exact) mass is 404 g/mol. The number of ether oxygens (including phenoxy) is 1. The summed E-state index contributed by atoms with van der Waals surface area (Å²) in [5, 5.41) is 3.03. The first-order valence-corrected chi connectivity index (χ1v) is 9.97. The lowest BCUT2D eigenvalue weighted by Crippen LogP contribution is -2.41. The Bertz CT molecular complexity index is 1050. The van der Waals surface area contributed by atoms with Crippen LogP contribution in [0.25, 0.3) is 16.8 Å². The fraction of sp³-hybridized carbons (Fsp3) is 0.280. The molecule has 3 aromatic rings. The summed E-state index contributed by atoms with van der Waals surface area (Å²) in [6.45, 7) is 7.73. The topological polar surface area (TPSA) is 60.3 Å². The van der Waals surface area contributed by atoms with E-state index >= 15 is 0 Å². The van der Waals surface area contributed by atoms with Crippen molar-refractivity contribution in [3.8, 4) is 16.8 Å². The van der Waals surface area contributed by atoms with Crippen molar-refractivity contribution in [2.24, 2.45) is 0 Å². The number of nitrogens with one attached hydrogen (secondary N) is 1. The molecule has 2 aromatic carbocycles. The molecule has 1 amide bonds. The minimum atomic E-state index is -0.418. The van der Waals surface area contributed by atoms with Gasteiger partial charge in [-0.25, -0.2) is 4.79 Å². The maximum atomic E-state index is 12.9. The van der Waals surface area contributed by atoms with Gasteiger partial charge in [0.25, 0.3) is 0 Å². The number of aromatic nitrogens is 1. The van der Waals surface area contributed by atoms with Crippen molar-refractivity contribution in [3.63, 3.8) is 0 Å².